The quantitative estimate of drug-likeness (QED) is 0.902. The zero-order valence-corrected chi connectivity index (χ0v) is 12.9. The van der Waals surface area contributed by atoms with Gasteiger partial charge in [0, 0.05) is 44.1 Å². The first kappa shape index (κ1) is 14.2. The Morgan fingerprint density at radius 1 is 1.16 bits per heavy atom. The SMILES string of the molecule is CC1CN(C)C(C)CC1Nc1ccc(N(C)C)cc1. The molecule has 1 N–H and O–H groups in total. The van der Waals surface area contributed by atoms with Crippen molar-refractivity contribution in [2.45, 2.75) is 32.4 Å². The number of nitrogens with one attached hydrogen (secondary N) is 1. The van der Waals surface area contributed by atoms with Crippen molar-refractivity contribution in [3.05, 3.63) is 24.3 Å². The monoisotopic (exact) mass is 261 g/mol. The van der Waals surface area contributed by atoms with Crippen LogP contribution in [0.2, 0.25) is 0 Å². The molecule has 0 bridgehead atoms. The number of hydrogen-bond acceptors (Lipinski definition) is 3. The summed E-state index contributed by atoms with van der Waals surface area (Å²) in [7, 11) is 6.37. The van der Waals surface area contributed by atoms with Crippen LogP contribution in [0.1, 0.15) is 20.3 Å². The lowest BCUT2D eigenvalue weighted by atomic mass is 9.89. The first-order valence-corrected chi connectivity index (χ1v) is 7.21. The molecular weight excluding hydrogens is 234 g/mol. The Hall–Kier alpha value is -1.22. The van der Waals surface area contributed by atoms with E-state index in [1.165, 1.54) is 24.3 Å². The predicted octanol–water partition coefficient (Wildman–Crippen LogP) is 2.89. The van der Waals surface area contributed by atoms with Crippen molar-refractivity contribution < 1.29 is 0 Å². The third-order valence-corrected chi connectivity index (χ3v) is 4.35. The average Bonchev–Trinajstić information content (AvgIpc) is 2.36. The summed E-state index contributed by atoms with van der Waals surface area (Å²) in [5, 5.41) is 3.70. The molecule has 1 aromatic rings. The first-order chi connectivity index (χ1) is 8.97. The number of rotatable bonds is 3. The molecule has 0 saturated carbocycles. The lowest BCUT2D eigenvalue weighted by molar-refractivity contribution is 0.145. The standard InChI is InChI=1S/C16H27N3/c1-12-11-19(5)13(2)10-16(12)17-14-6-8-15(9-7-14)18(3)4/h6-9,12-13,16-17H,10-11H2,1-5H3. The van der Waals surface area contributed by atoms with Crippen LogP contribution in [0.5, 0.6) is 0 Å². The zero-order chi connectivity index (χ0) is 14.0. The Labute approximate surface area is 117 Å². The minimum absolute atomic E-state index is 0.580. The van der Waals surface area contributed by atoms with Crippen molar-refractivity contribution in [1.82, 2.24) is 4.90 Å². The normalized spacial score (nSPS) is 28.2. The number of hydrogen-bond donors (Lipinski definition) is 1. The molecule has 3 heteroatoms. The molecule has 0 spiro atoms. The van der Waals surface area contributed by atoms with Gasteiger partial charge in [0.05, 0.1) is 0 Å². The Kier molecular flexibility index (Phi) is 4.35. The van der Waals surface area contributed by atoms with Crippen molar-refractivity contribution in [1.29, 1.82) is 0 Å². The summed E-state index contributed by atoms with van der Waals surface area (Å²) < 4.78 is 0. The van der Waals surface area contributed by atoms with Crippen LogP contribution in [0.25, 0.3) is 0 Å². The third-order valence-electron chi connectivity index (χ3n) is 4.35. The van der Waals surface area contributed by atoms with Gasteiger partial charge in [-0.05, 0) is 50.6 Å². The van der Waals surface area contributed by atoms with Crippen LogP contribution in [0.4, 0.5) is 11.4 Å². The van der Waals surface area contributed by atoms with Gasteiger partial charge < -0.3 is 15.1 Å². The molecule has 1 aliphatic heterocycles. The molecule has 1 saturated heterocycles. The topological polar surface area (TPSA) is 18.5 Å². The number of anilines is 2. The first-order valence-electron chi connectivity index (χ1n) is 7.21. The summed E-state index contributed by atoms with van der Waals surface area (Å²) in [4.78, 5) is 4.59. The summed E-state index contributed by atoms with van der Waals surface area (Å²) in [6, 6.07) is 9.96. The average molecular weight is 261 g/mol. The molecule has 1 aliphatic rings. The van der Waals surface area contributed by atoms with E-state index in [-0.39, 0.29) is 0 Å². The van der Waals surface area contributed by atoms with E-state index in [2.05, 4.69) is 74.4 Å². The molecule has 19 heavy (non-hydrogen) atoms. The summed E-state index contributed by atoms with van der Waals surface area (Å²) in [6.45, 7) is 5.83. The molecular formula is C16H27N3. The van der Waals surface area contributed by atoms with Crippen molar-refractivity contribution in [2.75, 3.05) is 37.9 Å². The van der Waals surface area contributed by atoms with Crippen LogP contribution >= 0.6 is 0 Å². The molecule has 3 nitrogen and oxygen atoms in total. The highest BCUT2D eigenvalue weighted by atomic mass is 15.2. The molecule has 0 amide bonds. The molecule has 0 aliphatic carbocycles. The number of likely N-dealkylation sites (tertiary alicyclic amines) is 1. The summed E-state index contributed by atoms with van der Waals surface area (Å²) >= 11 is 0. The minimum Gasteiger partial charge on any atom is -0.382 e. The van der Waals surface area contributed by atoms with Gasteiger partial charge in [0.15, 0.2) is 0 Å². The molecule has 0 radical (unpaired) electrons. The van der Waals surface area contributed by atoms with Crippen LogP contribution in [0, 0.1) is 5.92 Å². The molecule has 2 rings (SSSR count). The fourth-order valence-electron chi connectivity index (χ4n) is 2.81. The van der Waals surface area contributed by atoms with Crippen LogP contribution in [0.3, 0.4) is 0 Å². The van der Waals surface area contributed by atoms with Crippen molar-refractivity contribution in [3.63, 3.8) is 0 Å². The van der Waals surface area contributed by atoms with Crippen LogP contribution in [0.15, 0.2) is 24.3 Å². The Bertz CT molecular complexity index is 399. The van der Waals surface area contributed by atoms with Gasteiger partial charge in [0.1, 0.15) is 0 Å². The van der Waals surface area contributed by atoms with E-state index >= 15 is 0 Å². The highest BCUT2D eigenvalue weighted by molar-refractivity contribution is 5.54. The second-order valence-corrected chi connectivity index (χ2v) is 6.19. The molecule has 1 fully saturated rings. The summed E-state index contributed by atoms with van der Waals surface area (Å²) in [5.41, 5.74) is 2.48. The van der Waals surface area contributed by atoms with Gasteiger partial charge in [0.2, 0.25) is 0 Å². The van der Waals surface area contributed by atoms with Crippen molar-refractivity contribution >= 4 is 11.4 Å². The summed E-state index contributed by atoms with van der Waals surface area (Å²) in [6.07, 6.45) is 1.22. The van der Waals surface area contributed by atoms with Gasteiger partial charge in [-0.25, -0.2) is 0 Å². The predicted molar refractivity (Wildman–Crippen MR) is 84.1 cm³/mol. The van der Waals surface area contributed by atoms with E-state index in [0.717, 1.165) is 0 Å². The maximum absolute atomic E-state index is 3.70. The van der Waals surface area contributed by atoms with E-state index < -0.39 is 0 Å². The number of benzene rings is 1. The lowest BCUT2D eigenvalue weighted by Crippen LogP contribution is -2.48. The Balaban J connectivity index is 2.00. The largest absolute Gasteiger partial charge is 0.382 e. The molecule has 0 aromatic heterocycles. The zero-order valence-electron chi connectivity index (χ0n) is 12.9. The van der Waals surface area contributed by atoms with E-state index in [1.807, 2.05) is 0 Å². The second-order valence-electron chi connectivity index (χ2n) is 6.19. The van der Waals surface area contributed by atoms with E-state index in [0.29, 0.717) is 18.0 Å². The maximum atomic E-state index is 3.70. The fourth-order valence-corrected chi connectivity index (χ4v) is 2.81. The molecule has 3 unspecified atom stereocenters. The van der Waals surface area contributed by atoms with Crippen LogP contribution in [-0.4, -0.2) is 44.7 Å². The smallest absolute Gasteiger partial charge is 0.0362 e. The van der Waals surface area contributed by atoms with Gasteiger partial charge in [-0.1, -0.05) is 6.92 Å². The minimum atomic E-state index is 0.580. The highest BCUT2D eigenvalue weighted by Gasteiger charge is 2.28. The summed E-state index contributed by atoms with van der Waals surface area (Å²) in [5.74, 6) is 0.690. The van der Waals surface area contributed by atoms with E-state index in [4.69, 9.17) is 0 Å². The Morgan fingerprint density at radius 2 is 1.79 bits per heavy atom. The van der Waals surface area contributed by atoms with Crippen LogP contribution in [-0.2, 0) is 0 Å². The van der Waals surface area contributed by atoms with E-state index in [9.17, 15) is 0 Å². The number of nitrogens with zero attached hydrogens (tertiary/aromatic N) is 2. The molecule has 106 valence electrons. The van der Waals surface area contributed by atoms with Gasteiger partial charge in [-0.3, -0.25) is 0 Å². The van der Waals surface area contributed by atoms with Gasteiger partial charge in [0.25, 0.3) is 0 Å². The van der Waals surface area contributed by atoms with Gasteiger partial charge in [-0.2, -0.15) is 0 Å². The third kappa shape index (κ3) is 3.41. The van der Waals surface area contributed by atoms with Crippen molar-refractivity contribution in [2.24, 2.45) is 5.92 Å². The molecule has 1 aromatic carbocycles. The highest BCUT2D eigenvalue weighted by Crippen LogP contribution is 2.25. The fraction of sp³-hybridized carbons (Fsp3) is 0.625. The number of piperidine rings is 1. The van der Waals surface area contributed by atoms with Crippen molar-refractivity contribution in [3.8, 4) is 0 Å². The molecule has 1 heterocycles. The van der Waals surface area contributed by atoms with Gasteiger partial charge >= 0.3 is 0 Å². The van der Waals surface area contributed by atoms with Crippen LogP contribution < -0.4 is 10.2 Å². The lowest BCUT2D eigenvalue weighted by Gasteiger charge is -2.40. The second kappa shape index (κ2) is 5.83. The van der Waals surface area contributed by atoms with E-state index in [1.54, 1.807) is 0 Å². The maximum Gasteiger partial charge on any atom is 0.0362 e. The molecule has 3 atom stereocenters. The Morgan fingerprint density at radius 3 is 2.37 bits per heavy atom. The van der Waals surface area contributed by atoms with Gasteiger partial charge in [-0.15, -0.1) is 0 Å².